The Morgan fingerprint density at radius 3 is 2.14 bits per heavy atom. The van der Waals surface area contributed by atoms with Crippen molar-refractivity contribution in [3.05, 3.63) is 35.5 Å². The molecule has 0 fully saturated rings. The first kappa shape index (κ1) is 13.2. The van der Waals surface area contributed by atoms with Crippen molar-refractivity contribution in [2.45, 2.75) is 53.4 Å². The molecule has 0 N–H and O–H groups in total. The first-order valence-corrected chi connectivity index (χ1v) is 5.75. The minimum Gasteiger partial charge on any atom is -0.0856 e. The van der Waals surface area contributed by atoms with Crippen molar-refractivity contribution < 1.29 is 0 Å². The van der Waals surface area contributed by atoms with E-state index < -0.39 is 0 Å². The zero-order chi connectivity index (χ0) is 10.8. The zero-order valence-corrected chi connectivity index (χ0v) is 10.1. The van der Waals surface area contributed by atoms with Gasteiger partial charge in [0.2, 0.25) is 0 Å². The van der Waals surface area contributed by atoms with Gasteiger partial charge in [-0.05, 0) is 32.6 Å². The molecule has 0 radical (unpaired) electrons. The van der Waals surface area contributed by atoms with Crippen LogP contribution in [-0.4, -0.2) is 0 Å². The molecule has 0 spiro atoms. The van der Waals surface area contributed by atoms with Gasteiger partial charge in [0.1, 0.15) is 0 Å². The Hall–Kier alpha value is -0.780. The molecule has 0 atom stereocenters. The largest absolute Gasteiger partial charge is 0.0856 e. The van der Waals surface area contributed by atoms with Crippen LogP contribution in [0.1, 0.15) is 53.4 Å². The van der Waals surface area contributed by atoms with E-state index in [9.17, 15) is 0 Å². The molecule has 0 nitrogen and oxygen atoms in total. The van der Waals surface area contributed by atoms with E-state index in [1.807, 2.05) is 0 Å². The van der Waals surface area contributed by atoms with Gasteiger partial charge in [-0.3, -0.25) is 0 Å². The van der Waals surface area contributed by atoms with E-state index in [1.54, 1.807) is 0 Å². The zero-order valence-electron chi connectivity index (χ0n) is 10.1. The fourth-order valence-corrected chi connectivity index (χ4v) is 1.42. The van der Waals surface area contributed by atoms with Gasteiger partial charge in [-0.15, -0.1) is 0 Å². The summed E-state index contributed by atoms with van der Waals surface area (Å²) in [5.74, 6) is 0. The number of hydrogen-bond acceptors (Lipinski definition) is 0. The summed E-state index contributed by atoms with van der Waals surface area (Å²) in [4.78, 5) is 0. The predicted molar refractivity (Wildman–Crippen MR) is 66.5 cm³/mol. The molecule has 0 heterocycles. The van der Waals surface area contributed by atoms with Gasteiger partial charge in [-0.1, -0.05) is 56.2 Å². The lowest BCUT2D eigenvalue weighted by Crippen LogP contribution is -1.76. The molecular formula is C14H24. The molecule has 0 aromatic rings. The lowest BCUT2D eigenvalue weighted by molar-refractivity contribution is 1.08. The Morgan fingerprint density at radius 2 is 1.64 bits per heavy atom. The summed E-state index contributed by atoms with van der Waals surface area (Å²) < 4.78 is 0. The van der Waals surface area contributed by atoms with E-state index in [0.717, 1.165) is 25.7 Å². The fourth-order valence-electron chi connectivity index (χ4n) is 1.42. The van der Waals surface area contributed by atoms with Gasteiger partial charge in [0.05, 0.1) is 0 Å². The molecule has 0 aromatic carbocycles. The molecule has 0 aliphatic rings. The minimum atomic E-state index is 1.09. The molecule has 0 bridgehead atoms. The van der Waals surface area contributed by atoms with Gasteiger partial charge >= 0.3 is 0 Å². The molecule has 0 amide bonds. The third kappa shape index (κ3) is 6.71. The average Bonchev–Trinajstić information content (AvgIpc) is 2.17. The van der Waals surface area contributed by atoms with Crippen LogP contribution in [-0.2, 0) is 0 Å². The maximum Gasteiger partial charge on any atom is -0.0138 e. The molecule has 0 unspecified atom stereocenters. The highest BCUT2D eigenvalue weighted by atomic mass is 13.9. The van der Waals surface area contributed by atoms with Gasteiger partial charge < -0.3 is 0 Å². The van der Waals surface area contributed by atoms with Gasteiger partial charge in [0.15, 0.2) is 0 Å². The molecule has 0 saturated heterocycles. The second kappa shape index (κ2) is 8.80. The van der Waals surface area contributed by atoms with Gasteiger partial charge in [-0.2, -0.15) is 0 Å². The Balaban J connectivity index is 4.03. The quantitative estimate of drug-likeness (QED) is 0.409. The van der Waals surface area contributed by atoms with Crippen LogP contribution in [0.3, 0.4) is 0 Å². The second-order valence-corrected chi connectivity index (χ2v) is 3.61. The maximum atomic E-state index is 2.30. The normalized spacial score (nSPS) is 14.0. The molecule has 80 valence electrons. The van der Waals surface area contributed by atoms with Gasteiger partial charge in [0.25, 0.3) is 0 Å². The Bertz CT molecular complexity index is 216. The average molecular weight is 192 g/mol. The van der Waals surface area contributed by atoms with Crippen LogP contribution >= 0.6 is 0 Å². The predicted octanol–water partition coefficient (Wildman–Crippen LogP) is 5.04. The van der Waals surface area contributed by atoms with Crippen LogP contribution in [0.15, 0.2) is 35.5 Å². The highest BCUT2D eigenvalue weighted by molar-refractivity contribution is 5.19. The standard InChI is InChI=1S/C14H24/c1-5-9-13(4)11-8-12-14(7-3)10-6-2/h8-10,12H,5-7,11H2,1-4H3/b12-8-,13-9+,14-10-. The molecular weight excluding hydrogens is 168 g/mol. The van der Waals surface area contributed by atoms with Crippen molar-refractivity contribution in [1.82, 2.24) is 0 Å². The van der Waals surface area contributed by atoms with E-state index in [1.165, 1.54) is 11.1 Å². The molecule has 0 heteroatoms. The van der Waals surface area contributed by atoms with Crippen molar-refractivity contribution in [3.63, 3.8) is 0 Å². The summed E-state index contributed by atoms with van der Waals surface area (Å²) in [5.41, 5.74) is 2.92. The molecule has 0 aliphatic carbocycles. The van der Waals surface area contributed by atoms with Crippen LogP contribution in [0.25, 0.3) is 0 Å². The topological polar surface area (TPSA) is 0 Å². The monoisotopic (exact) mass is 192 g/mol. The first-order chi connectivity index (χ1) is 6.74. The highest BCUT2D eigenvalue weighted by Gasteiger charge is 1.87. The Labute approximate surface area is 89.4 Å². The van der Waals surface area contributed by atoms with E-state index in [0.29, 0.717) is 0 Å². The number of rotatable bonds is 6. The molecule has 0 aliphatic heterocycles. The smallest absolute Gasteiger partial charge is 0.0138 e. The summed E-state index contributed by atoms with van der Waals surface area (Å²) >= 11 is 0. The van der Waals surface area contributed by atoms with Crippen molar-refractivity contribution in [3.8, 4) is 0 Å². The van der Waals surface area contributed by atoms with E-state index in [2.05, 4.69) is 52.0 Å². The van der Waals surface area contributed by atoms with Crippen LogP contribution < -0.4 is 0 Å². The Kier molecular flexibility index (Phi) is 8.31. The molecule has 14 heavy (non-hydrogen) atoms. The van der Waals surface area contributed by atoms with Crippen molar-refractivity contribution in [2.24, 2.45) is 0 Å². The lowest BCUT2D eigenvalue weighted by atomic mass is 10.1. The third-order valence-corrected chi connectivity index (χ3v) is 2.20. The lowest BCUT2D eigenvalue weighted by Gasteiger charge is -1.97. The fraction of sp³-hybridized carbons (Fsp3) is 0.571. The van der Waals surface area contributed by atoms with Gasteiger partial charge in [-0.25, -0.2) is 0 Å². The second-order valence-electron chi connectivity index (χ2n) is 3.61. The summed E-state index contributed by atoms with van der Waals surface area (Å²) in [5, 5.41) is 0. The summed E-state index contributed by atoms with van der Waals surface area (Å²) in [6, 6.07) is 0. The van der Waals surface area contributed by atoms with Crippen LogP contribution in [0.5, 0.6) is 0 Å². The van der Waals surface area contributed by atoms with Gasteiger partial charge in [0, 0.05) is 0 Å². The van der Waals surface area contributed by atoms with Crippen molar-refractivity contribution in [2.75, 3.05) is 0 Å². The summed E-state index contributed by atoms with van der Waals surface area (Å²) in [6.07, 6.45) is 13.6. The van der Waals surface area contributed by atoms with Crippen molar-refractivity contribution >= 4 is 0 Å². The summed E-state index contributed by atoms with van der Waals surface area (Å²) in [7, 11) is 0. The van der Waals surface area contributed by atoms with Crippen LogP contribution in [0.4, 0.5) is 0 Å². The first-order valence-electron chi connectivity index (χ1n) is 5.75. The van der Waals surface area contributed by atoms with E-state index >= 15 is 0 Å². The summed E-state index contributed by atoms with van der Waals surface area (Å²) in [6.45, 7) is 8.77. The highest BCUT2D eigenvalue weighted by Crippen LogP contribution is 2.08. The Morgan fingerprint density at radius 1 is 1.00 bits per heavy atom. The minimum absolute atomic E-state index is 1.09. The number of allylic oxidation sites excluding steroid dienone is 6. The maximum absolute atomic E-state index is 2.30. The van der Waals surface area contributed by atoms with Crippen LogP contribution in [0.2, 0.25) is 0 Å². The molecule has 0 saturated carbocycles. The molecule has 0 rings (SSSR count). The molecule has 0 aromatic heterocycles. The van der Waals surface area contributed by atoms with E-state index in [-0.39, 0.29) is 0 Å². The van der Waals surface area contributed by atoms with Crippen LogP contribution in [0, 0.1) is 0 Å². The number of hydrogen-bond donors (Lipinski definition) is 0. The SMILES string of the molecule is CC/C=C(\C=C/C/C(C)=C/CC)CC. The van der Waals surface area contributed by atoms with Crippen molar-refractivity contribution in [1.29, 1.82) is 0 Å². The van der Waals surface area contributed by atoms with E-state index in [4.69, 9.17) is 0 Å². The third-order valence-electron chi connectivity index (χ3n) is 2.20.